The first-order valence-corrected chi connectivity index (χ1v) is 4.09. The van der Waals surface area contributed by atoms with Crippen LogP contribution in [0.25, 0.3) is 0 Å². The number of hydrogen-bond donors (Lipinski definition) is 1. The van der Waals surface area contributed by atoms with Crippen LogP contribution in [-0.2, 0) is 13.6 Å². The van der Waals surface area contributed by atoms with Crippen molar-refractivity contribution < 1.29 is 0 Å². The fourth-order valence-corrected chi connectivity index (χ4v) is 0.977. The van der Waals surface area contributed by atoms with Crippen LogP contribution in [-0.4, -0.2) is 30.4 Å². The Hall–Kier alpha value is -2.05. The van der Waals surface area contributed by atoms with E-state index in [-0.39, 0.29) is 0 Å². The molecule has 2 rings (SSSR count). The van der Waals surface area contributed by atoms with Crippen molar-refractivity contribution >= 4 is 5.95 Å². The third-order valence-electron chi connectivity index (χ3n) is 1.68. The number of tetrazole rings is 1. The van der Waals surface area contributed by atoms with E-state index in [0.717, 1.165) is 5.69 Å². The number of nitrogens with zero attached hydrogens (tertiary/aromatic N) is 6. The molecule has 0 amide bonds. The average molecular weight is 191 g/mol. The van der Waals surface area contributed by atoms with Gasteiger partial charge in [-0.15, -0.1) is 0 Å². The van der Waals surface area contributed by atoms with E-state index < -0.39 is 0 Å². The van der Waals surface area contributed by atoms with Crippen LogP contribution < -0.4 is 5.32 Å². The quantitative estimate of drug-likeness (QED) is 0.711. The Bertz CT molecular complexity index is 395. The van der Waals surface area contributed by atoms with Crippen LogP contribution in [0.1, 0.15) is 5.69 Å². The van der Waals surface area contributed by atoms with Gasteiger partial charge in [-0.3, -0.25) is 0 Å². The predicted octanol–water partition coefficient (Wildman–Crippen LogP) is -0.388. The van der Waals surface area contributed by atoms with Crippen molar-refractivity contribution in [3.63, 3.8) is 0 Å². The molecular weight excluding hydrogens is 182 g/mol. The number of nitrogens with one attached hydrogen (secondary N) is 1. The molecule has 0 atom stereocenters. The molecule has 0 aliphatic heterocycles. The molecular formula is C7H9N7. The second-order valence-electron chi connectivity index (χ2n) is 2.69. The molecule has 0 saturated heterocycles. The molecule has 0 aliphatic carbocycles. The Balaban J connectivity index is 1.99. The normalized spacial score (nSPS) is 10.1. The van der Waals surface area contributed by atoms with Crippen molar-refractivity contribution in [3.05, 3.63) is 24.0 Å². The van der Waals surface area contributed by atoms with Gasteiger partial charge >= 0.3 is 0 Å². The van der Waals surface area contributed by atoms with Crippen molar-refractivity contribution in [3.8, 4) is 0 Å². The zero-order valence-electron chi connectivity index (χ0n) is 7.62. The Morgan fingerprint density at radius 3 is 3.00 bits per heavy atom. The zero-order chi connectivity index (χ0) is 9.80. The van der Waals surface area contributed by atoms with E-state index in [9.17, 15) is 0 Å². The van der Waals surface area contributed by atoms with Gasteiger partial charge < -0.3 is 5.32 Å². The lowest BCUT2D eigenvalue weighted by atomic mass is 10.4. The molecule has 0 radical (unpaired) electrons. The standard InChI is InChI=1S/C7H9N7/c1-14-7(11-12-13-14)8-5-6-3-2-4-9-10-6/h2-4H,5H2,1H3,(H,8,11,13). The molecule has 1 N–H and O–H groups in total. The fraction of sp³-hybridized carbons (Fsp3) is 0.286. The van der Waals surface area contributed by atoms with Crippen molar-refractivity contribution in [2.24, 2.45) is 7.05 Å². The van der Waals surface area contributed by atoms with Crippen LogP contribution in [0, 0.1) is 0 Å². The predicted molar refractivity (Wildman–Crippen MR) is 48.2 cm³/mol. The van der Waals surface area contributed by atoms with E-state index >= 15 is 0 Å². The molecule has 2 heterocycles. The molecule has 0 bridgehead atoms. The topological polar surface area (TPSA) is 81.4 Å². The summed E-state index contributed by atoms with van der Waals surface area (Å²) in [5.74, 6) is 0.607. The van der Waals surface area contributed by atoms with Gasteiger partial charge in [0.05, 0.1) is 12.2 Å². The second-order valence-corrected chi connectivity index (χ2v) is 2.69. The van der Waals surface area contributed by atoms with E-state index in [1.54, 1.807) is 17.9 Å². The minimum Gasteiger partial charge on any atom is -0.347 e. The third kappa shape index (κ3) is 1.82. The smallest absolute Gasteiger partial charge is 0.242 e. The number of rotatable bonds is 3. The van der Waals surface area contributed by atoms with E-state index in [1.165, 1.54) is 0 Å². The summed E-state index contributed by atoms with van der Waals surface area (Å²) in [5, 5.41) is 21.7. The highest BCUT2D eigenvalue weighted by atomic mass is 15.6. The maximum absolute atomic E-state index is 3.92. The molecule has 7 heteroatoms. The van der Waals surface area contributed by atoms with Gasteiger partial charge in [0, 0.05) is 13.2 Å². The lowest BCUT2D eigenvalue weighted by molar-refractivity contribution is 0.711. The van der Waals surface area contributed by atoms with Crippen LogP contribution in [0.2, 0.25) is 0 Å². The average Bonchev–Trinajstić information content (AvgIpc) is 2.63. The molecule has 2 aromatic heterocycles. The van der Waals surface area contributed by atoms with Gasteiger partial charge in [-0.25, -0.2) is 4.68 Å². The summed E-state index contributed by atoms with van der Waals surface area (Å²) in [4.78, 5) is 0. The molecule has 0 aromatic carbocycles. The molecule has 0 aliphatic rings. The molecule has 7 nitrogen and oxygen atoms in total. The maximum atomic E-state index is 3.92. The third-order valence-corrected chi connectivity index (χ3v) is 1.68. The van der Waals surface area contributed by atoms with Gasteiger partial charge in [-0.1, -0.05) is 5.10 Å². The summed E-state index contributed by atoms with van der Waals surface area (Å²) >= 11 is 0. The summed E-state index contributed by atoms with van der Waals surface area (Å²) in [5.41, 5.74) is 0.843. The summed E-state index contributed by atoms with van der Waals surface area (Å²) < 4.78 is 1.55. The van der Waals surface area contributed by atoms with Crippen LogP contribution in [0.4, 0.5) is 5.95 Å². The monoisotopic (exact) mass is 191 g/mol. The van der Waals surface area contributed by atoms with Gasteiger partial charge in [0.1, 0.15) is 0 Å². The molecule has 72 valence electrons. The molecule has 14 heavy (non-hydrogen) atoms. The van der Waals surface area contributed by atoms with Crippen LogP contribution in [0.15, 0.2) is 18.3 Å². The number of anilines is 1. The first-order chi connectivity index (χ1) is 6.86. The molecule has 0 saturated carbocycles. The van der Waals surface area contributed by atoms with E-state index in [2.05, 4.69) is 31.0 Å². The molecule has 0 spiro atoms. The summed E-state index contributed by atoms with van der Waals surface area (Å²) in [6, 6.07) is 3.71. The van der Waals surface area contributed by atoms with Crippen molar-refractivity contribution in [1.29, 1.82) is 0 Å². The number of aromatic nitrogens is 6. The van der Waals surface area contributed by atoms with Gasteiger partial charge in [-0.2, -0.15) is 10.2 Å². The molecule has 0 unspecified atom stereocenters. The summed E-state index contributed by atoms with van der Waals surface area (Å²) in [6.07, 6.45) is 1.63. The molecule has 2 aromatic rings. The first kappa shape index (κ1) is 8.54. The van der Waals surface area contributed by atoms with E-state index in [0.29, 0.717) is 12.5 Å². The number of hydrogen-bond acceptors (Lipinski definition) is 6. The number of aryl methyl sites for hydroxylation is 1. The van der Waals surface area contributed by atoms with Gasteiger partial charge in [0.25, 0.3) is 0 Å². The van der Waals surface area contributed by atoms with E-state index in [4.69, 9.17) is 0 Å². The van der Waals surface area contributed by atoms with Crippen molar-refractivity contribution in [2.45, 2.75) is 6.54 Å². The Morgan fingerprint density at radius 2 is 2.36 bits per heavy atom. The zero-order valence-corrected chi connectivity index (χ0v) is 7.62. The highest BCUT2D eigenvalue weighted by Crippen LogP contribution is 1.99. The SMILES string of the molecule is Cn1nnnc1NCc1cccnn1. The van der Waals surface area contributed by atoms with Crippen molar-refractivity contribution in [1.82, 2.24) is 30.4 Å². The Kier molecular flexibility index (Phi) is 2.30. The van der Waals surface area contributed by atoms with Crippen molar-refractivity contribution in [2.75, 3.05) is 5.32 Å². The van der Waals surface area contributed by atoms with Gasteiger partial charge in [0.2, 0.25) is 5.95 Å². The van der Waals surface area contributed by atoms with Crippen LogP contribution >= 0.6 is 0 Å². The van der Waals surface area contributed by atoms with E-state index in [1.807, 2.05) is 12.1 Å². The molecule has 0 fully saturated rings. The minimum atomic E-state index is 0.558. The van der Waals surface area contributed by atoms with Gasteiger partial charge in [-0.05, 0) is 22.6 Å². The maximum Gasteiger partial charge on any atom is 0.242 e. The highest BCUT2D eigenvalue weighted by Gasteiger charge is 2.00. The Labute approximate surface area is 80.2 Å². The van der Waals surface area contributed by atoms with Crippen LogP contribution in [0.5, 0.6) is 0 Å². The van der Waals surface area contributed by atoms with Gasteiger partial charge in [0.15, 0.2) is 0 Å². The van der Waals surface area contributed by atoms with Crippen LogP contribution in [0.3, 0.4) is 0 Å². The summed E-state index contributed by atoms with van der Waals surface area (Å²) in [7, 11) is 1.76. The second kappa shape index (κ2) is 3.77. The lowest BCUT2D eigenvalue weighted by Gasteiger charge is -2.01. The first-order valence-electron chi connectivity index (χ1n) is 4.09. The Morgan fingerprint density at radius 1 is 1.43 bits per heavy atom. The minimum absolute atomic E-state index is 0.558. The fourth-order valence-electron chi connectivity index (χ4n) is 0.977. The summed E-state index contributed by atoms with van der Waals surface area (Å²) in [6.45, 7) is 0.558. The lowest BCUT2D eigenvalue weighted by Crippen LogP contribution is -2.07. The highest BCUT2D eigenvalue weighted by molar-refractivity contribution is 5.22. The largest absolute Gasteiger partial charge is 0.347 e.